The molecule has 7 amide bonds. The molecule has 0 bridgehead atoms. The lowest BCUT2D eigenvalue weighted by Gasteiger charge is -2.30. The molecule has 2 aromatic heterocycles. The van der Waals surface area contributed by atoms with Gasteiger partial charge in [0.05, 0.1) is 49.2 Å². The fraction of sp³-hybridized carbons (Fsp3) is 0.519. The van der Waals surface area contributed by atoms with Crippen LogP contribution in [0.25, 0.3) is 22.3 Å². The number of methoxy groups -OCH3 is 1. The molecule has 0 saturated heterocycles. The van der Waals surface area contributed by atoms with Gasteiger partial charge in [0.1, 0.15) is 30.5 Å². The van der Waals surface area contributed by atoms with Crippen LogP contribution < -0.4 is 37.5 Å². The summed E-state index contributed by atoms with van der Waals surface area (Å²) >= 11 is 0. The number of likely N-dealkylation sites (N-methyl/N-ethyl adjacent to an activating group) is 1. The van der Waals surface area contributed by atoms with Crippen LogP contribution in [0.2, 0.25) is 0 Å². The number of aryl methyl sites for hydroxylation is 1. The second kappa shape index (κ2) is 26.6. The highest BCUT2D eigenvalue weighted by Gasteiger charge is 2.36. The van der Waals surface area contributed by atoms with Gasteiger partial charge in [-0.3, -0.25) is 43.3 Å². The molecule has 1 aliphatic carbocycles. The van der Waals surface area contributed by atoms with Crippen LogP contribution in [0.3, 0.4) is 0 Å². The van der Waals surface area contributed by atoms with Crippen molar-refractivity contribution in [2.24, 2.45) is 5.92 Å². The summed E-state index contributed by atoms with van der Waals surface area (Å²) in [4.78, 5) is 127. The number of imide groups is 1. The fourth-order valence-corrected chi connectivity index (χ4v) is 9.31. The maximum absolute atomic E-state index is 15.3. The summed E-state index contributed by atoms with van der Waals surface area (Å²) in [6.07, 6.45) is 8.38. The molecule has 3 aromatic rings. The van der Waals surface area contributed by atoms with Crippen molar-refractivity contribution < 1.29 is 52.3 Å². The molecule has 4 atom stereocenters. The molecule has 4 heterocycles. The Morgan fingerprint density at radius 2 is 1.62 bits per heavy atom. The standard InChI is InChI=1S/C40H52FN7O7.C12H16N2O4/c1-8-23(18-49)25-14-31-37-26(17-48(31)40(54)27(25)19-55-7)35-29(12-11-24-21(4)28(41)15-30(46-37)34(24)35)45-32(50)10-9-13-43-38(52)22(5)44-39(53)36(20(2)3)47-33(51)16-42-6;15-9-7-13-10(16)4-2-1-3-8-14-11(17)5-6-12(14)18/h14-15,18,20,22-23,29,36,42H,8-13,16-17,19H2,1-7H3,(H,43,52)(H,44,53)(H,45,50)(H,47,51);5-6,9H,1-4,7-8H2,(H,13,16)/t22-,23?,29?,36?;/m0./s1. The van der Waals surface area contributed by atoms with Gasteiger partial charge >= 0.3 is 0 Å². The molecule has 0 fully saturated rings. The van der Waals surface area contributed by atoms with Gasteiger partial charge in [0, 0.05) is 73.7 Å². The number of hydrogen-bond acceptors (Lipinski definition) is 13. The first-order valence-corrected chi connectivity index (χ1v) is 24.8. The second-order valence-electron chi connectivity index (χ2n) is 18.7. The van der Waals surface area contributed by atoms with E-state index in [1.165, 1.54) is 30.2 Å². The molecule has 6 N–H and O–H groups in total. The fourth-order valence-electron chi connectivity index (χ4n) is 9.31. The first-order chi connectivity index (χ1) is 34.9. The first kappa shape index (κ1) is 56.9. The van der Waals surface area contributed by atoms with Crippen molar-refractivity contribution >= 4 is 64.8 Å². The number of carbonyl (C=O) groups is 9. The maximum atomic E-state index is 15.3. The lowest BCUT2D eigenvalue weighted by atomic mass is 9.81. The van der Waals surface area contributed by atoms with E-state index in [1.807, 2.05) is 13.0 Å². The van der Waals surface area contributed by atoms with Crippen LogP contribution in [0.5, 0.6) is 0 Å². The van der Waals surface area contributed by atoms with Crippen molar-refractivity contribution in [3.63, 3.8) is 0 Å². The Hall–Kier alpha value is -7.00. The number of benzene rings is 1. The number of rotatable bonds is 25. The molecule has 394 valence electrons. The largest absolute Gasteiger partial charge is 0.380 e. The number of unbranched alkanes of at least 4 members (excludes halogenated alkanes) is 2. The van der Waals surface area contributed by atoms with Crippen LogP contribution in [-0.2, 0) is 67.5 Å². The molecule has 0 saturated carbocycles. The third-order valence-corrected chi connectivity index (χ3v) is 13.2. The SMILES string of the molecule is CCC(C=O)c1cc2n(c(=O)c1COC)Cc1c-2nc2cc(F)c(C)c3c2c1C(NC(=O)CCCNC(=O)[C@H](C)NC(=O)C(NC(=O)CNC)C(C)C)CC3.O=CCNC(=O)CCCCCN1C(=O)C=CC1=O. The Balaban J connectivity index is 0.000000463. The van der Waals surface area contributed by atoms with Gasteiger partial charge < -0.3 is 50.8 Å². The summed E-state index contributed by atoms with van der Waals surface area (Å²) in [6, 6.07) is 1.09. The van der Waals surface area contributed by atoms with Gasteiger partial charge in [0.25, 0.3) is 17.4 Å². The summed E-state index contributed by atoms with van der Waals surface area (Å²) in [7, 11) is 3.12. The maximum Gasteiger partial charge on any atom is 0.257 e. The molecule has 21 heteroatoms. The summed E-state index contributed by atoms with van der Waals surface area (Å²) in [6.45, 7) is 9.65. The number of aldehydes is 2. The lowest BCUT2D eigenvalue weighted by molar-refractivity contribution is -0.137. The molecule has 6 rings (SSSR count). The van der Waals surface area contributed by atoms with E-state index in [2.05, 4.69) is 31.9 Å². The zero-order valence-electron chi connectivity index (χ0n) is 42.7. The third kappa shape index (κ3) is 13.9. The van der Waals surface area contributed by atoms with Gasteiger partial charge in [-0.2, -0.15) is 0 Å². The topological polar surface area (TPSA) is 273 Å². The second-order valence-corrected chi connectivity index (χ2v) is 18.7. The van der Waals surface area contributed by atoms with Crippen LogP contribution in [0.15, 0.2) is 29.1 Å². The number of hydrogen-bond donors (Lipinski definition) is 6. The van der Waals surface area contributed by atoms with Crippen LogP contribution in [0.4, 0.5) is 4.39 Å². The van der Waals surface area contributed by atoms with Gasteiger partial charge in [0.2, 0.25) is 29.5 Å². The summed E-state index contributed by atoms with van der Waals surface area (Å²) in [5.74, 6) is -3.28. The highest BCUT2D eigenvalue weighted by atomic mass is 19.1. The predicted octanol–water partition coefficient (Wildman–Crippen LogP) is 2.36. The minimum absolute atomic E-state index is 0.0358. The van der Waals surface area contributed by atoms with Crippen molar-refractivity contribution in [1.29, 1.82) is 0 Å². The molecule has 1 aromatic carbocycles. The highest BCUT2D eigenvalue weighted by Crippen LogP contribution is 2.45. The summed E-state index contributed by atoms with van der Waals surface area (Å²) in [5, 5.41) is 17.2. The monoisotopic (exact) mass is 1010 g/mol. The lowest BCUT2D eigenvalue weighted by Crippen LogP contribution is -2.55. The minimum atomic E-state index is -0.875. The Morgan fingerprint density at radius 1 is 0.904 bits per heavy atom. The molecule has 0 spiro atoms. The molecular weight excluding hydrogens is 946 g/mol. The van der Waals surface area contributed by atoms with Crippen LogP contribution in [-0.4, -0.2) is 121 Å². The van der Waals surface area contributed by atoms with Crippen LogP contribution in [0.1, 0.15) is 124 Å². The number of halogens is 1. The minimum Gasteiger partial charge on any atom is -0.380 e. The number of fused-ring (bicyclic) bond motifs is 4. The third-order valence-electron chi connectivity index (χ3n) is 13.2. The highest BCUT2D eigenvalue weighted by molar-refractivity contribution is 6.12. The molecule has 3 unspecified atom stereocenters. The smallest absolute Gasteiger partial charge is 0.257 e. The number of carbonyl (C=O) groups excluding carboxylic acids is 9. The van der Waals surface area contributed by atoms with E-state index in [0.717, 1.165) is 34.8 Å². The zero-order valence-corrected chi connectivity index (χ0v) is 42.7. The van der Waals surface area contributed by atoms with E-state index in [1.54, 1.807) is 39.3 Å². The Bertz CT molecular complexity index is 2680. The molecule has 2 aliphatic heterocycles. The van der Waals surface area contributed by atoms with Gasteiger partial charge in [-0.25, -0.2) is 9.37 Å². The van der Waals surface area contributed by atoms with E-state index in [-0.39, 0.29) is 86.0 Å². The molecule has 0 radical (unpaired) electrons. The van der Waals surface area contributed by atoms with E-state index < -0.39 is 35.9 Å². The number of ether oxygens (including phenoxy) is 1. The number of pyridine rings is 2. The van der Waals surface area contributed by atoms with Gasteiger partial charge in [-0.15, -0.1) is 0 Å². The number of nitrogens with one attached hydrogen (secondary N) is 6. The summed E-state index contributed by atoms with van der Waals surface area (Å²) in [5.41, 5.74) is 5.10. The van der Waals surface area contributed by atoms with E-state index in [0.29, 0.717) is 91.4 Å². The van der Waals surface area contributed by atoms with Crippen molar-refractivity contribution in [2.75, 3.05) is 40.3 Å². The molecule has 3 aliphatic rings. The average Bonchev–Trinajstić information content (AvgIpc) is 3.89. The van der Waals surface area contributed by atoms with E-state index >= 15 is 4.39 Å². The van der Waals surface area contributed by atoms with Crippen LogP contribution >= 0.6 is 0 Å². The number of nitrogens with zero attached hydrogens (tertiary/aromatic N) is 3. The van der Waals surface area contributed by atoms with E-state index in [4.69, 9.17) is 9.72 Å². The van der Waals surface area contributed by atoms with Crippen molar-refractivity contribution in [1.82, 2.24) is 46.4 Å². The predicted molar refractivity (Wildman–Crippen MR) is 268 cm³/mol. The molecular formula is C52H68FN9O11. The van der Waals surface area contributed by atoms with Crippen molar-refractivity contribution in [2.45, 2.75) is 130 Å². The normalized spacial score (nSPS) is 15.4. The Kier molecular flexibility index (Phi) is 20.8. The van der Waals surface area contributed by atoms with Crippen molar-refractivity contribution in [3.05, 3.63) is 73.8 Å². The molecule has 20 nitrogen and oxygen atoms in total. The van der Waals surface area contributed by atoms with Gasteiger partial charge in [0.15, 0.2) is 0 Å². The molecule has 73 heavy (non-hydrogen) atoms. The first-order valence-electron chi connectivity index (χ1n) is 24.8. The Labute approximate surface area is 423 Å². The van der Waals surface area contributed by atoms with Crippen LogP contribution in [0, 0.1) is 18.7 Å². The number of aromatic nitrogens is 2. The van der Waals surface area contributed by atoms with Crippen molar-refractivity contribution in [3.8, 4) is 11.4 Å². The Morgan fingerprint density at radius 3 is 2.26 bits per heavy atom. The van der Waals surface area contributed by atoms with Gasteiger partial charge in [-0.05, 0) is 93.7 Å². The average molecular weight is 1010 g/mol. The summed E-state index contributed by atoms with van der Waals surface area (Å²) < 4.78 is 22.3. The quantitative estimate of drug-likeness (QED) is 0.0317. The zero-order chi connectivity index (χ0) is 53.5. The van der Waals surface area contributed by atoms with Gasteiger partial charge in [-0.1, -0.05) is 27.2 Å². The van der Waals surface area contributed by atoms with E-state index in [9.17, 15) is 47.9 Å². The number of amides is 7.